The Balaban J connectivity index is 1.89. The van der Waals surface area contributed by atoms with Crippen molar-refractivity contribution in [2.24, 2.45) is 0 Å². The lowest BCUT2D eigenvalue weighted by atomic mass is 10.2. The van der Waals surface area contributed by atoms with Crippen LogP contribution >= 0.6 is 39.0 Å². The van der Waals surface area contributed by atoms with Crippen LogP contribution in [0.5, 0.6) is 0 Å². The average Bonchev–Trinajstić information content (AvgIpc) is 2.80. The third-order valence-corrected chi connectivity index (χ3v) is 5.79. The van der Waals surface area contributed by atoms with Crippen molar-refractivity contribution in [3.8, 4) is 0 Å². The maximum absolute atomic E-state index is 3.51. The van der Waals surface area contributed by atoms with E-state index in [9.17, 15) is 0 Å². The number of thioether (sulfide) groups is 1. The van der Waals surface area contributed by atoms with Crippen LogP contribution in [0, 0.1) is 6.92 Å². The van der Waals surface area contributed by atoms with Crippen molar-refractivity contribution in [2.75, 3.05) is 12.8 Å². The van der Waals surface area contributed by atoms with Crippen LogP contribution < -0.4 is 5.32 Å². The number of thiophene rings is 1. The van der Waals surface area contributed by atoms with Crippen molar-refractivity contribution in [1.29, 1.82) is 0 Å². The summed E-state index contributed by atoms with van der Waals surface area (Å²) in [4.78, 5) is 2.78. The van der Waals surface area contributed by atoms with Crippen molar-refractivity contribution in [2.45, 2.75) is 24.3 Å². The summed E-state index contributed by atoms with van der Waals surface area (Å²) in [6.45, 7) is 2.14. The largest absolute Gasteiger partial charge is 0.316 e. The number of aryl methyl sites for hydroxylation is 1. The van der Waals surface area contributed by atoms with Gasteiger partial charge in [0, 0.05) is 31.4 Å². The predicted molar refractivity (Wildman–Crippen MR) is 90.5 cm³/mol. The highest BCUT2D eigenvalue weighted by Crippen LogP contribution is 2.24. The SMILES string of the molecule is CNC(CSc1cccc(C)c1)Cc1cc(Br)cs1. The van der Waals surface area contributed by atoms with Crippen LogP contribution in [0.3, 0.4) is 0 Å². The second kappa shape index (κ2) is 7.48. The van der Waals surface area contributed by atoms with Gasteiger partial charge in [0.2, 0.25) is 0 Å². The minimum atomic E-state index is 0.510. The van der Waals surface area contributed by atoms with Crippen LogP contribution in [0.1, 0.15) is 10.4 Å². The van der Waals surface area contributed by atoms with E-state index in [4.69, 9.17) is 0 Å². The second-order valence-electron chi connectivity index (χ2n) is 4.55. The summed E-state index contributed by atoms with van der Waals surface area (Å²) in [5, 5.41) is 5.56. The molecule has 1 unspecified atom stereocenters. The van der Waals surface area contributed by atoms with E-state index >= 15 is 0 Å². The smallest absolute Gasteiger partial charge is 0.0285 e. The van der Waals surface area contributed by atoms with Gasteiger partial charge in [0.15, 0.2) is 0 Å². The van der Waals surface area contributed by atoms with Gasteiger partial charge in [0.05, 0.1) is 0 Å². The van der Waals surface area contributed by atoms with Crippen LogP contribution in [0.4, 0.5) is 0 Å². The zero-order valence-electron chi connectivity index (χ0n) is 11.2. The summed E-state index contributed by atoms with van der Waals surface area (Å²) in [6, 6.07) is 11.4. The molecule has 0 spiro atoms. The summed E-state index contributed by atoms with van der Waals surface area (Å²) in [6.07, 6.45) is 1.09. The van der Waals surface area contributed by atoms with E-state index in [1.54, 1.807) is 0 Å². The van der Waals surface area contributed by atoms with Gasteiger partial charge in [0.1, 0.15) is 0 Å². The minimum absolute atomic E-state index is 0.510. The summed E-state index contributed by atoms with van der Waals surface area (Å²) >= 11 is 7.26. The Morgan fingerprint density at radius 2 is 2.21 bits per heavy atom. The number of halogens is 1. The van der Waals surface area contributed by atoms with Crippen molar-refractivity contribution in [3.63, 3.8) is 0 Å². The van der Waals surface area contributed by atoms with Gasteiger partial charge in [-0.25, -0.2) is 0 Å². The molecule has 0 aliphatic rings. The molecule has 0 aliphatic carbocycles. The zero-order valence-corrected chi connectivity index (χ0v) is 14.4. The normalized spacial score (nSPS) is 12.6. The molecule has 2 rings (SSSR count). The highest BCUT2D eigenvalue weighted by atomic mass is 79.9. The standard InChI is InChI=1S/C15H18BrNS2/c1-11-4-3-5-14(6-11)19-10-13(17-2)8-15-7-12(16)9-18-15/h3-7,9,13,17H,8,10H2,1-2H3. The fraction of sp³-hybridized carbons (Fsp3) is 0.333. The Hall–Kier alpha value is -0.290. The van der Waals surface area contributed by atoms with Crippen molar-refractivity contribution >= 4 is 39.0 Å². The maximum atomic E-state index is 3.51. The maximum Gasteiger partial charge on any atom is 0.0285 e. The molecule has 0 radical (unpaired) electrons. The van der Waals surface area contributed by atoms with Crippen LogP contribution in [0.2, 0.25) is 0 Å². The quantitative estimate of drug-likeness (QED) is 0.750. The van der Waals surface area contributed by atoms with E-state index in [1.807, 2.05) is 30.1 Å². The summed E-state index contributed by atoms with van der Waals surface area (Å²) in [7, 11) is 2.05. The molecule has 0 aliphatic heterocycles. The third-order valence-electron chi connectivity index (χ3n) is 2.92. The molecule has 1 aromatic heterocycles. The molecule has 1 nitrogen and oxygen atoms in total. The van der Waals surface area contributed by atoms with Crippen LogP contribution in [-0.2, 0) is 6.42 Å². The summed E-state index contributed by atoms with van der Waals surface area (Å²) in [5.74, 6) is 1.09. The van der Waals surface area contributed by atoms with E-state index in [0.29, 0.717) is 6.04 Å². The first-order valence-electron chi connectivity index (χ1n) is 6.27. The van der Waals surface area contributed by atoms with Gasteiger partial charge < -0.3 is 5.32 Å². The Morgan fingerprint density at radius 1 is 1.37 bits per heavy atom. The molecule has 0 bridgehead atoms. The molecular formula is C15H18BrNS2. The van der Waals surface area contributed by atoms with Gasteiger partial charge >= 0.3 is 0 Å². The average molecular weight is 356 g/mol. The zero-order chi connectivity index (χ0) is 13.7. The first-order valence-corrected chi connectivity index (χ1v) is 8.93. The fourth-order valence-electron chi connectivity index (χ4n) is 1.85. The van der Waals surface area contributed by atoms with Gasteiger partial charge in [-0.15, -0.1) is 23.1 Å². The molecule has 0 amide bonds. The van der Waals surface area contributed by atoms with Gasteiger partial charge in [-0.3, -0.25) is 0 Å². The Labute approximate surface area is 131 Å². The van der Waals surface area contributed by atoms with Gasteiger partial charge in [-0.1, -0.05) is 17.7 Å². The monoisotopic (exact) mass is 355 g/mol. The fourth-order valence-corrected chi connectivity index (χ4v) is 4.50. The molecule has 19 heavy (non-hydrogen) atoms. The molecule has 1 N–H and O–H groups in total. The van der Waals surface area contributed by atoms with E-state index in [1.165, 1.54) is 19.8 Å². The number of nitrogens with one attached hydrogen (secondary N) is 1. The summed E-state index contributed by atoms with van der Waals surface area (Å²) < 4.78 is 1.19. The number of benzene rings is 1. The van der Waals surface area contributed by atoms with Crippen molar-refractivity contribution in [1.82, 2.24) is 5.32 Å². The van der Waals surface area contributed by atoms with Crippen LogP contribution in [0.15, 0.2) is 45.1 Å². The lowest BCUT2D eigenvalue weighted by molar-refractivity contribution is 0.622. The molecule has 4 heteroatoms. The topological polar surface area (TPSA) is 12.0 Å². The van der Waals surface area contributed by atoms with Gasteiger partial charge in [-0.05, 0) is 54.5 Å². The van der Waals surface area contributed by atoms with Crippen LogP contribution in [-0.4, -0.2) is 18.8 Å². The molecule has 0 fully saturated rings. The highest BCUT2D eigenvalue weighted by Gasteiger charge is 2.09. The van der Waals surface area contributed by atoms with E-state index in [0.717, 1.165) is 12.2 Å². The molecule has 1 heterocycles. The lowest BCUT2D eigenvalue weighted by Gasteiger charge is -2.15. The minimum Gasteiger partial charge on any atom is -0.316 e. The number of rotatable bonds is 6. The molecule has 1 aromatic carbocycles. The van der Waals surface area contributed by atoms with Crippen LogP contribution in [0.25, 0.3) is 0 Å². The third kappa shape index (κ3) is 4.95. The van der Waals surface area contributed by atoms with E-state index in [2.05, 4.69) is 63.9 Å². The second-order valence-corrected chi connectivity index (χ2v) is 7.55. The Morgan fingerprint density at radius 3 is 2.84 bits per heavy atom. The van der Waals surface area contributed by atoms with E-state index in [-0.39, 0.29) is 0 Å². The first kappa shape index (κ1) is 15.1. The Kier molecular flexibility index (Phi) is 5.95. The number of hydrogen-bond donors (Lipinski definition) is 1. The van der Waals surface area contributed by atoms with E-state index < -0.39 is 0 Å². The number of likely N-dealkylation sites (N-methyl/N-ethyl adjacent to an activating group) is 1. The first-order chi connectivity index (χ1) is 9.17. The number of hydrogen-bond acceptors (Lipinski definition) is 3. The molecule has 0 saturated carbocycles. The Bertz CT molecular complexity index is 524. The molecule has 102 valence electrons. The highest BCUT2D eigenvalue weighted by molar-refractivity contribution is 9.10. The molecule has 0 saturated heterocycles. The van der Waals surface area contributed by atoms with Crippen molar-refractivity contribution < 1.29 is 0 Å². The molecule has 1 atom stereocenters. The van der Waals surface area contributed by atoms with Gasteiger partial charge in [0.25, 0.3) is 0 Å². The van der Waals surface area contributed by atoms with Crippen molar-refractivity contribution in [3.05, 3.63) is 50.6 Å². The molecular weight excluding hydrogens is 338 g/mol. The van der Waals surface area contributed by atoms with Gasteiger partial charge in [-0.2, -0.15) is 0 Å². The lowest BCUT2D eigenvalue weighted by Crippen LogP contribution is -2.29. The molecule has 2 aromatic rings. The summed E-state index contributed by atoms with van der Waals surface area (Å²) in [5.41, 5.74) is 1.33. The predicted octanol–water partition coefficient (Wildman–Crippen LogP) is 4.74.